The molecular formula is C25H31N5O4. The molecule has 2 aromatic carbocycles. The maximum Gasteiger partial charge on any atom is 0.270 e. The molecule has 34 heavy (non-hydrogen) atoms. The van der Waals surface area contributed by atoms with Crippen molar-refractivity contribution < 1.29 is 14.5 Å². The average Bonchev–Trinajstić information content (AvgIpc) is 3.24. The van der Waals surface area contributed by atoms with E-state index in [2.05, 4.69) is 16.4 Å². The van der Waals surface area contributed by atoms with Crippen LogP contribution in [0.2, 0.25) is 0 Å². The number of morpholine rings is 1. The fraction of sp³-hybridized carbons (Fsp3) is 0.440. The van der Waals surface area contributed by atoms with Gasteiger partial charge in [0.15, 0.2) is 0 Å². The summed E-state index contributed by atoms with van der Waals surface area (Å²) >= 11 is 0. The molecule has 0 N–H and O–H groups in total. The topological polar surface area (TPSA) is 93.7 Å². The van der Waals surface area contributed by atoms with Crippen LogP contribution in [0.3, 0.4) is 0 Å². The van der Waals surface area contributed by atoms with E-state index in [0.29, 0.717) is 19.0 Å². The van der Waals surface area contributed by atoms with Gasteiger partial charge in [-0.25, -0.2) is 4.98 Å². The molecule has 0 radical (unpaired) electrons. The predicted octanol–water partition coefficient (Wildman–Crippen LogP) is 4.11. The van der Waals surface area contributed by atoms with Crippen LogP contribution in [0.4, 0.5) is 11.6 Å². The molecule has 3 aromatic rings. The van der Waals surface area contributed by atoms with Crippen LogP contribution in [0, 0.1) is 10.1 Å². The minimum atomic E-state index is -0.476. The Morgan fingerprint density at radius 2 is 1.91 bits per heavy atom. The van der Waals surface area contributed by atoms with Crippen LogP contribution in [0.25, 0.3) is 11.0 Å². The first kappa shape index (κ1) is 23.8. The van der Waals surface area contributed by atoms with E-state index in [4.69, 9.17) is 9.72 Å². The number of fused-ring (bicyclic) bond motifs is 1. The number of nitrogens with zero attached hydrogens (tertiary/aromatic N) is 5. The zero-order chi connectivity index (χ0) is 23.9. The summed E-state index contributed by atoms with van der Waals surface area (Å²) in [5.41, 5.74) is 1.99. The van der Waals surface area contributed by atoms with Crippen molar-refractivity contribution >= 4 is 28.6 Å². The summed E-state index contributed by atoms with van der Waals surface area (Å²) in [4.78, 5) is 33.4. The molecule has 1 amide bonds. The molecule has 9 heteroatoms. The summed E-state index contributed by atoms with van der Waals surface area (Å²) in [6, 6.07) is 13.8. The Balaban J connectivity index is 1.70. The molecule has 0 spiro atoms. The number of rotatable bonds is 10. The Morgan fingerprint density at radius 1 is 1.12 bits per heavy atom. The highest BCUT2D eigenvalue weighted by Crippen LogP contribution is 2.26. The third-order valence-corrected chi connectivity index (χ3v) is 6.15. The Labute approximate surface area is 199 Å². The quantitative estimate of drug-likeness (QED) is 0.254. The molecule has 4 rings (SSSR count). The Bertz CT molecular complexity index is 1140. The number of hydrogen-bond donors (Lipinski definition) is 0. The largest absolute Gasteiger partial charge is 0.379 e. The fourth-order valence-corrected chi connectivity index (χ4v) is 4.28. The van der Waals surface area contributed by atoms with Crippen LogP contribution >= 0.6 is 0 Å². The van der Waals surface area contributed by atoms with Gasteiger partial charge < -0.3 is 9.30 Å². The van der Waals surface area contributed by atoms with Crippen LogP contribution in [0.15, 0.2) is 48.5 Å². The number of benzene rings is 2. The van der Waals surface area contributed by atoms with Crippen molar-refractivity contribution in [1.82, 2.24) is 14.5 Å². The van der Waals surface area contributed by atoms with Gasteiger partial charge in [-0.3, -0.25) is 24.7 Å². The predicted molar refractivity (Wildman–Crippen MR) is 131 cm³/mol. The van der Waals surface area contributed by atoms with E-state index >= 15 is 0 Å². The van der Waals surface area contributed by atoms with E-state index in [0.717, 1.165) is 63.1 Å². The zero-order valence-electron chi connectivity index (χ0n) is 19.6. The van der Waals surface area contributed by atoms with Crippen LogP contribution in [-0.4, -0.2) is 64.7 Å². The summed E-state index contributed by atoms with van der Waals surface area (Å²) in [6.07, 6.45) is 2.82. The van der Waals surface area contributed by atoms with Gasteiger partial charge in [-0.05, 0) is 24.6 Å². The summed E-state index contributed by atoms with van der Waals surface area (Å²) in [5.74, 6) is 0.310. The molecule has 1 saturated heterocycles. The Hall–Kier alpha value is -3.30. The number of anilines is 1. The molecule has 0 aliphatic carbocycles. The van der Waals surface area contributed by atoms with Crippen molar-refractivity contribution in [1.29, 1.82) is 0 Å². The summed E-state index contributed by atoms with van der Waals surface area (Å²) in [6.45, 7) is 7.34. The number of aromatic nitrogens is 2. The normalized spacial score (nSPS) is 14.4. The summed E-state index contributed by atoms with van der Waals surface area (Å²) in [5, 5.41) is 11.3. The van der Waals surface area contributed by atoms with Crippen molar-refractivity contribution in [2.45, 2.75) is 32.7 Å². The summed E-state index contributed by atoms with van der Waals surface area (Å²) < 4.78 is 7.57. The van der Waals surface area contributed by atoms with Gasteiger partial charge in [0.1, 0.15) is 0 Å². The van der Waals surface area contributed by atoms with E-state index < -0.39 is 4.92 Å². The van der Waals surface area contributed by atoms with Gasteiger partial charge in [-0.2, -0.15) is 0 Å². The first-order chi connectivity index (χ1) is 16.6. The van der Waals surface area contributed by atoms with Gasteiger partial charge in [-0.1, -0.05) is 38.0 Å². The average molecular weight is 466 g/mol. The summed E-state index contributed by atoms with van der Waals surface area (Å²) in [7, 11) is 0. The van der Waals surface area contributed by atoms with Crippen molar-refractivity contribution in [3.8, 4) is 0 Å². The standard InChI is InChI=1S/C25H31N5O4/c1-2-3-6-12-29(24(31)20-8-7-9-21(19-20)30(32)33)25-26-22-10-4-5-11-23(22)28(25)14-13-27-15-17-34-18-16-27/h4-5,7-11,19H,2-3,6,12-18H2,1H3. The fourth-order valence-electron chi connectivity index (χ4n) is 4.28. The second kappa shape index (κ2) is 11.2. The molecule has 0 bridgehead atoms. The number of nitro benzene ring substituents is 1. The Morgan fingerprint density at radius 3 is 2.68 bits per heavy atom. The van der Waals surface area contributed by atoms with Crippen LogP contribution in [0.5, 0.6) is 0 Å². The molecule has 2 heterocycles. The van der Waals surface area contributed by atoms with Gasteiger partial charge in [0.25, 0.3) is 11.6 Å². The van der Waals surface area contributed by atoms with Crippen LogP contribution in [-0.2, 0) is 11.3 Å². The van der Waals surface area contributed by atoms with E-state index in [1.807, 2.05) is 24.3 Å². The number of imidazole rings is 1. The minimum absolute atomic E-state index is 0.0971. The second-order valence-electron chi connectivity index (χ2n) is 8.48. The number of amides is 1. The van der Waals surface area contributed by atoms with Crippen molar-refractivity contribution in [3.63, 3.8) is 0 Å². The molecule has 0 atom stereocenters. The lowest BCUT2D eigenvalue weighted by Gasteiger charge is -2.28. The zero-order valence-corrected chi connectivity index (χ0v) is 19.6. The molecular weight excluding hydrogens is 434 g/mol. The van der Waals surface area contributed by atoms with Crippen LogP contribution < -0.4 is 4.90 Å². The number of unbranched alkanes of at least 4 members (excludes halogenated alkanes) is 2. The maximum atomic E-state index is 13.7. The van der Waals surface area contributed by atoms with Gasteiger partial charge in [0, 0.05) is 50.4 Å². The Kier molecular flexibility index (Phi) is 7.87. The van der Waals surface area contributed by atoms with E-state index in [1.165, 1.54) is 12.1 Å². The second-order valence-corrected chi connectivity index (χ2v) is 8.48. The van der Waals surface area contributed by atoms with Gasteiger partial charge in [0.05, 0.1) is 29.2 Å². The number of para-hydroxylation sites is 2. The molecule has 1 aliphatic rings. The highest BCUT2D eigenvalue weighted by molar-refractivity contribution is 6.06. The van der Waals surface area contributed by atoms with Crippen molar-refractivity contribution in [3.05, 3.63) is 64.2 Å². The number of nitro groups is 1. The lowest BCUT2D eigenvalue weighted by molar-refractivity contribution is -0.384. The monoisotopic (exact) mass is 465 g/mol. The number of ether oxygens (including phenoxy) is 1. The van der Waals surface area contributed by atoms with E-state index in [1.54, 1.807) is 17.0 Å². The third-order valence-electron chi connectivity index (χ3n) is 6.15. The van der Waals surface area contributed by atoms with Crippen molar-refractivity contribution in [2.75, 3.05) is 44.3 Å². The molecule has 0 unspecified atom stereocenters. The van der Waals surface area contributed by atoms with Gasteiger partial charge in [0.2, 0.25) is 5.95 Å². The highest BCUT2D eigenvalue weighted by atomic mass is 16.6. The van der Waals surface area contributed by atoms with Gasteiger partial charge >= 0.3 is 0 Å². The minimum Gasteiger partial charge on any atom is -0.379 e. The molecule has 0 saturated carbocycles. The third kappa shape index (κ3) is 5.43. The molecule has 9 nitrogen and oxygen atoms in total. The number of carbonyl (C=O) groups is 1. The molecule has 1 aromatic heterocycles. The first-order valence-electron chi connectivity index (χ1n) is 11.9. The highest BCUT2D eigenvalue weighted by Gasteiger charge is 2.25. The SMILES string of the molecule is CCCCCN(C(=O)c1cccc([N+](=O)[O-])c1)c1nc2ccccc2n1CCN1CCOCC1. The van der Waals surface area contributed by atoms with E-state index in [-0.39, 0.29) is 17.2 Å². The number of hydrogen-bond acceptors (Lipinski definition) is 6. The lowest BCUT2D eigenvalue weighted by atomic mass is 10.1. The van der Waals surface area contributed by atoms with Gasteiger partial charge in [-0.15, -0.1) is 0 Å². The molecule has 180 valence electrons. The first-order valence-corrected chi connectivity index (χ1v) is 11.9. The lowest BCUT2D eigenvalue weighted by Crippen LogP contribution is -2.39. The van der Waals surface area contributed by atoms with Crippen LogP contribution in [0.1, 0.15) is 36.5 Å². The smallest absolute Gasteiger partial charge is 0.270 e. The molecule has 1 aliphatic heterocycles. The molecule has 1 fully saturated rings. The van der Waals surface area contributed by atoms with E-state index in [9.17, 15) is 14.9 Å². The number of non-ortho nitro benzene ring substituents is 1. The number of carbonyl (C=O) groups excluding carboxylic acids is 1. The van der Waals surface area contributed by atoms with Crippen molar-refractivity contribution in [2.24, 2.45) is 0 Å². The maximum absolute atomic E-state index is 13.7.